The number of aldehydes is 1. The van der Waals surface area contributed by atoms with E-state index >= 15 is 0 Å². The number of thioether (sulfide) groups is 1. The number of benzene rings is 1. The largest absolute Gasteiger partial charge is 0.374 e. The number of hydrogen-bond acceptors (Lipinski definition) is 3. The van der Waals surface area contributed by atoms with Crippen LogP contribution in [0.15, 0.2) is 29.2 Å². The minimum atomic E-state index is 0.574. The average molecular weight is 182 g/mol. The molecule has 1 aromatic carbocycles. The van der Waals surface area contributed by atoms with Gasteiger partial charge in [0.25, 0.3) is 0 Å². The molecule has 0 aromatic heterocycles. The Balaban J connectivity index is 2.75. The number of carbonyl (C=O) groups excluding carboxylic acids is 1. The van der Waals surface area contributed by atoms with Crippen molar-refractivity contribution in [3.05, 3.63) is 29.8 Å². The second-order valence-electron chi connectivity index (χ2n) is 2.21. The summed E-state index contributed by atoms with van der Waals surface area (Å²) in [7, 11) is 1.64. The lowest BCUT2D eigenvalue weighted by atomic mass is 10.2. The molecule has 12 heavy (non-hydrogen) atoms. The standard InChI is InChI=1S/C9H10O2S/c1-11-7-12-9-5-3-2-4-8(9)6-10/h2-6H,7H2,1H3. The van der Waals surface area contributed by atoms with Crippen LogP contribution in [0.1, 0.15) is 10.4 Å². The molecule has 0 spiro atoms. The number of rotatable bonds is 4. The Hall–Kier alpha value is -0.800. The molecular formula is C9H10O2S. The number of methoxy groups -OCH3 is 1. The number of ether oxygens (including phenoxy) is 1. The third-order valence-corrected chi connectivity index (χ3v) is 2.41. The van der Waals surface area contributed by atoms with E-state index in [0.29, 0.717) is 5.94 Å². The molecule has 0 aliphatic rings. The van der Waals surface area contributed by atoms with Gasteiger partial charge in [-0.25, -0.2) is 0 Å². The molecular weight excluding hydrogens is 172 g/mol. The van der Waals surface area contributed by atoms with E-state index in [1.54, 1.807) is 13.2 Å². The Bertz CT molecular complexity index is 260. The van der Waals surface area contributed by atoms with Crippen molar-refractivity contribution < 1.29 is 9.53 Å². The fraction of sp³-hybridized carbons (Fsp3) is 0.222. The summed E-state index contributed by atoms with van der Waals surface area (Å²) in [5, 5.41) is 0. The van der Waals surface area contributed by atoms with Gasteiger partial charge in [0.15, 0.2) is 6.29 Å². The highest BCUT2D eigenvalue weighted by molar-refractivity contribution is 7.99. The van der Waals surface area contributed by atoms with Crippen molar-refractivity contribution in [2.24, 2.45) is 0 Å². The van der Waals surface area contributed by atoms with Gasteiger partial charge in [0, 0.05) is 17.6 Å². The maximum absolute atomic E-state index is 10.5. The highest BCUT2D eigenvalue weighted by Gasteiger charge is 1.99. The van der Waals surface area contributed by atoms with Gasteiger partial charge in [-0.15, -0.1) is 0 Å². The molecule has 0 aliphatic heterocycles. The van der Waals surface area contributed by atoms with Gasteiger partial charge in [0.05, 0.1) is 5.94 Å². The fourth-order valence-electron chi connectivity index (χ4n) is 0.832. The van der Waals surface area contributed by atoms with E-state index in [9.17, 15) is 4.79 Å². The van der Waals surface area contributed by atoms with Gasteiger partial charge in [-0.1, -0.05) is 30.0 Å². The first kappa shape index (κ1) is 9.29. The van der Waals surface area contributed by atoms with Crippen LogP contribution in [0.4, 0.5) is 0 Å². The zero-order valence-electron chi connectivity index (χ0n) is 6.82. The molecule has 0 saturated heterocycles. The van der Waals surface area contributed by atoms with Gasteiger partial charge in [-0.05, 0) is 6.07 Å². The van der Waals surface area contributed by atoms with Crippen LogP contribution in [0.25, 0.3) is 0 Å². The summed E-state index contributed by atoms with van der Waals surface area (Å²) in [5.41, 5.74) is 0.722. The van der Waals surface area contributed by atoms with Crippen LogP contribution in [0.3, 0.4) is 0 Å². The molecule has 0 unspecified atom stereocenters. The van der Waals surface area contributed by atoms with Crippen molar-refractivity contribution in [2.45, 2.75) is 4.90 Å². The van der Waals surface area contributed by atoms with Crippen molar-refractivity contribution in [2.75, 3.05) is 13.0 Å². The van der Waals surface area contributed by atoms with E-state index < -0.39 is 0 Å². The Morgan fingerprint density at radius 1 is 1.50 bits per heavy atom. The third-order valence-electron chi connectivity index (χ3n) is 1.38. The Labute approximate surface area is 75.9 Å². The molecule has 3 heteroatoms. The summed E-state index contributed by atoms with van der Waals surface area (Å²) in [6.07, 6.45) is 0.859. The van der Waals surface area contributed by atoms with E-state index in [-0.39, 0.29) is 0 Å². The van der Waals surface area contributed by atoms with E-state index in [1.165, 1.54) is 11.8 Å². The first-order valence-corrected chi connectivity index (χ1v) is 4.53. The van der Waals surface area contributed by atoms with Crippen LogP contribution >= 0.6 is 11.8 Å². The van der Waals surface area contributed by atoms with Gasteiger partial charge >= 0.3 is 0 Å². The average Bonchev–Trinajstić information content (AvgIpc) is 2.15. The highest BCUT2D eigenvalue weighted by atomic mass is 32.2. The van der Waals surface area contributed by atoms with Crippen LogP contribution in [-0.4, -0.2) is 19.3 Å². The normalized spacial score (nSPS) is 9.75. The number of carbonyl (C=O) groups is 1. The van der Waals surface area contributed by atoms with Crippen molar-refractivity contribution >= 4 is 18.0 Å². The fourth-order valence-corrected chi connectivity index (χ4v) is 1.53. The lowest BCUT2D eigenvalue weighted by Gasteiger charge is -2.01. The second kappa shape index (κ2) is 4.95. The molecule has 0 atom stereocenters. The van der Waals surface area contributed by atoms with Gasteiger partial charge in [-0.2, -0.15) is 0 Å². The molecule has 2 nitrogen and oxygen atoms in total. The molecule has 0 saturated carbocycles. The van der Waals surface area contributed by atoms with Crippen molar-refractivity contribution in [1.29, 1.82) is 0 Å². The summed E-state index contributed by atoms with van der Waals surface area (Å²) in [6.45, 7) is 0. The first-order valence-electron chi connectivity index (χ1n) is 3.54. The summed E-state index contributed by atoms with van der Waals surface area (Å²) >= 11 is 1.52. The Morgan fingerprint density at radius 3 is 2.92 bits per heavy atom. The summed E-state index contributed by atoms with van der Waals surface area (Å²) in [4.78, 5) is 11.5. The van der Waals surface area contributed by atoms with E-state index in [1.807, 2.05) is 18.2 Å². The molecule has 0 N–H and O–H groups in total. The summed E-state index contributed by atoms with van der Waals surface area (Å²) in [6, 6.07) is 7.46. The molecule has 0 aliphatic carbocycles. The number of hydrogen-bond donors (Lipinski definition) is 0. The molecule has 1 aromatic rings. The molecule has 64 valence electrons. The minimum Gasteiger partial charge on any atom is -0.374 e. The maximum atomic E-state index is 10.5. The van der Waals surface area contributed by atoms with Gasteiger partial charge in [0.1, 0.15) is 0 Å². The maximum Gasteiger partial charge on any atom is 0.151 e. The smallest absolute Gasteiger partial charge is 0.151 e. The van der Waals surface area contributed by atoms with Gasteiger partial charge in [0.2, 0.25) is 0 Å². The van der Waals surface area contributed by atoms with E-state index in [0.717, 1.165) is 16.7 Å². The molecule has 0 bridgehead atoms. The van der Waals surface area contributed by atoms with Crippen LogP contribution in [-0.2, 0) is 4.74 Å². The second-order valence-corrected chi connectivity index (χ2v) is 3.17. The summed E-state index contributed by atoms with van der Waals surface area (Å²) in [5.74, 6) is 0.574. The molecule has 0 fully saturated rings. The monoisotopic (exact) mass is 182 g/mol. The van der Waals surface area contributed by atoms with Crippen LogP contribution in [0.2, 0.25) is 0 Å². The predicted molar refractivity (Wildman–Crippen MR) is 49.6 cm³/mol. The third kappa shape index (κ3) is 2.36. The minimum absolute atomic E-state index is 0.574. The lowest BCUT2D eigenvalue weighted by Crippen LogP contribution is -1.86. The zero-order chi connectivity index (χ0) is 8.81. The predicted octanol–water partition coefficient (Wildman–Crippen LogP) is 2.20. The molecule has 1 rings (SSSR count). The molecule has 0 heterocycles. The zero-order valence-corrected chi connectivity index (χ0v) is 7.64. The molecule has 0 radical (unpaired) electrons. The quantitative estimate of drug-likeness (QED) is 0.405. The van der Waals surface area contributed by atoms with Gasteiger partial charge in [-0.3, -0.25) is 4.79 Å². The SMILES string of the molecule is COCSc1ccccc1C=O. The Kier molecular flexibility index (Phi) is 3.84. The topological polar surface area (TPSA) is 26.3 Å². The van der Waals surface area contributed by atoms with Crippen LogP contribution in [0, 0.1) is 0 Å². The van der Waals surface area contributed by atoms with Crippen LogP contribution < -0.4 is 0 Å². The van der Waals surface area contributed by atoms with Crippen LogP contribution in [0.5, 0.6) is 0 Å². The van der Waals surface area contributed by atoms with E-state index in [2.05, 4.69) is 0 Å². The van der Waals surface area contributed by atoms with E-state index in [4.69, 9.17) is 4.74 Å². The first-order chi connectivity index (χ1) is 5.88. The van der Waals surface area contributed by atoms with Crippen molar-refractivity contribution in [3.8, 4) is 0 Å². The lowest BCUT2D eigenvalue weighted by molar-refractivity contribution is 0.112. The summed E-state index contributed by atoms with van der Waals surface area (Å²) < 4.78 is 4.89. The van der Waals surface area contributed by atoms with Crippen molar-refractivity contribution in [3.63, 3.8) is 0 Å². The van der Waals surface area contributed by atoms with Gasteiger partial charge < -0.3 is 4.74 Å². The molecule has 0 amide bonds. The highest BCUT2D eigenvalue weighted by Crippen LogP contribution is 2.20. The Morgan fingerprint density at radius 2 is 2.25 bits per heavy atom. The van der Waals surface area contributed by atoms with Crippen molar-refractivity contribution in [1.82, 2.24) is 0 Å².